The van der Waals surface area contributed by atoms with E-state index in [0.29, 0.717) is 23.0 Å². The Morgan fingerprint density at radius 1 is 1.17 bits per heavy atom. The van der Waals surface area contributed by atoms with Crippen molar-refractivity contribution in [2.24, 2.45) is 11.8 Å². The Morgan fingerprint density at radius 3 is 2.62 bits per heavy atom. The Morgan fingerprint density at radius 2 is 1.88 bits per heavy atom. The number of hydrogen-bond donors (Lipinski definition) is 1. The van der Waals surface area contributed by atoms with Crippen molar-refractivity contribution >= 4 is 17.7 Å². The van der Waals surface area contributed by atoms with Crippen molar-refractivity contribution in [3.8, 4) is 0 Å². The summed E-state index contributed by atoms with van der Waals surface area (Å²) < 4.78 is 0. The van der Waals surface area contributed by atoms with Crippen LogP contribution in [0.25, 0.3) is 0 Å². The van der Waals surface area contributed by atoms with Crippen LogP contribution < -0.4 is 5.32 Å². The monoisotopic (exact) mass is 328 g/mol. The summed E-state index contributed by atoms with van der Waals surface area (Å²) in [5.41, 5.74) is 1.71. The molecule has 128 valence electrons. The first-order valence-corrected chi connectivity index (χ1v) is 8.64. The molecule has 1 aliphatic carbocycles. The first-order chi connectivity index (χ1) is 11.4. The van der Waals surface area contributed by atoms with Gasteiger partial charge in [0.1, 0.15) is 6.54 Å². The van der Waals surface area contributed by atoms with E-state index in [1.807, 2.05) is 6.92 Å². The number of amides is 3. The van der Waals surface area contributed by atoms with E-state index in [1.54, 1.807) is 18.2 Å². The van der Waals surface area contributed by atoms with Crippen molar-refractivity contribution in [1.29, 1.82) is 0 Å². The van der Waals surface area contributed by atoms with E-state index in [9.17, 15) is 14.4 Å². The van der Waals surface area contributed by atoms with E-state index in [1.165, 1.54) is 6.42 Å². The van der Waals surface area contributed by atoms with Crippen LogP contribution in [0.2, 0.25) is 0 Å². The highest BCUT2D eigenvalue weighted by atomic mass is 16.2. The van der Waals surface area contributed by atoms with Gasteiger partial charge in [-0.15, -0.1) is 0 Å². The predicted molar refractivity (Wildman–Crippen MR) is 90.7 cm³/mol. The zero-order chi connectivity index (χ0) is 17.4. The number of hydrogen-bond acceptors (Lipinski definition) is 3. The summed E-state index contributed by atoms with van der Waals surface area (Å²) in [7, 11) is 0. The number of rotatable bonds is 3. The predicted octanol–water partition coefficient (Wildman–Crippen LogP) is 2.53. The first kappa shape index (κ1) is 16.7. The van der Waals surface area contributed by atoms with Gasteiger partial charge in [0.25, 0.3) is 11.8 Å². The molecule has 1 saturated carbocycles. The van der Waals surface area contributed by atoms with Crippen LogP contribution in [0.15, 0.2) is 18.2 Å². The van der Waals surface area contributed by atoms with Gasteiger partial charge in [-0.1, -0.05) is 38.3 Å². The minimum Gasteiger partial charge on any atom is -0.352 e. The van der Waals surface area contributed by atoms with Crippen molar-refractivity contribution in [2.75, 3.05) is 6.54 Å². The first-order valence-electron chi connectivity index (χ1n) is 8.64. The molecule has 1 aromatic carbocycles. The molecule has 1 aromatic rings. The number of imide groups is 1. The minimum atomic E-state index is -0.379. The summed E-state index contributed by atoms with van der Waals surface area (Å²) >= 11 is 0. The number of fused-ring (bicyclic) bond motifs is 1. The van der Waals surface area contributed by atoms with Gasteiger partial charge in [-0.05, 0) is 37.3 Å². The van der Waals surface area contributed by atoms with Crippen LogP contribution in [0.3, 0.4) is 0 Å². The number of aryl methyl sites for hydroxylation is 1. The lowest BCUT2D eigenvalue weighted by Crippen LogP contribution is -2.48. The minimum absolute atomic E-state index is 0.124. The van der Waals surface area contributed by atoms with E-state index in [0.717, 1.165) is 23.3 Å². The Hall–Kier alpha value is -2.17. The van der Waals surface area contributed by atoms with Crippen LogP contribution in [0.1, 0.15) is 59.4 Å². The summed E-state index contributed by atoms with van der Waals surface area (Å²) in [6, 6.07) is 5.30. The van der Waals surface area contributed by atoms with Crippen molar-refractivity contribution in [1.82, 2.24) is 10.2 Å². The van der Waals surface area contributed by atoms with Crippen LogP contribution in [-0.2, 0) is 4.79 Å². The molecule has 24 heavy (non-hydrogen) atoms. The number of benzene rings is 1. The molecule has 0 saturated heterocycles. The normalized spacial score (nSPS) is 26.5. The second-order valence-corrected chi connectivity index (χ2v) is 7.19. The molecule has 3 amide bonds. The lowest BCUT2D eigenvalue weighted by molar-refractivity contribution is -0.122. The fourth-order valence-corrected chi connectivity index (χ4v) is 3.73. The number of nitrogens with one attached hydrogen (secondary N) is 1. The van der Waals surface area contributed by atoms with E-state index >= 15 is 0 Å². The smallest absolute Gasteiger partial charge is 0.262 e. The number of carbonyl (C=O) groups is 3. The van der Waals surface area contributed by atoms with E-state index in [-0.39, 0.29) is 30.3 Å². The molecule has 5 nitrogen and oxygen atoms in total. The Kier molecular flexibility index (Phi) is 4.43. The van der Waals surface area contributed by atoms with Gasteiger partial charge in [0.2, 0.25) is 5.91 Å². The highest BCUT2D eigenvalue weighted by Gasteiger charge is 2.37. The summed E-state index contributed by atoms with van der Waals surface area (Å²) in [6.45, 7) is 6.02. The molecule has 0 aromatic heterocycles. The fourth-order valence-electron chi connectivity index (χ4n) is 3.73. The van der Waals surface area contributed by atoms with Crippen LogP contribution in [0.5, 0.6) is 0 Å². The average Bonchev–Trinajstić information content (AvgIpc) is 2.76. The lowest BCUT2D eigenvalue weighted by atomic mass is 9.78. The molecular formula is C19H24N2O3. The molecular weight excluding hydrogens is 304 g/mol. The van der Waals surface area contributed by atoms with Crippen molar-refractivity contribution in [3.63, 3.8) is 0 Å². The standard InChI is InChI=1S/C19H24N2O3/c1-11-7-8-14-15(9-11)19(24)21(18(14)23)10-17(22)20-16-6-4-5-12(2)13(16)3/h7-9,12-13,16H,4-6,10H2,1-3H3,(H,20,22). The summed E-state index contributed by atoms with van der Waals surface area (Å²) in [6.07, 6.45) is 3.24. The third-order valence-electron chi connectivity index (χ3n) is 5.48. The van der Waals surface area contributed by atoms with Crippen LogP contribution in [0, 0.1) is 18.8 Å². The third kappa shape index (κ3) is 2.95. The lowest BCUT2D eigenvalue weighted by Gasteiger charge is -2.34. The fraction of sp³-hybridized carbons (Fsp3) is 0.526. The van der Waals surface area contributed by atoms with Gasteiger partial charge in [0, 0.05) is 6.04 Å². The zero-order valence-electron chi connectivity index (χ0n) is 14.5. The topological polar surface area (TPSA) is 66.5 Å². The van der Waals surface area contributed by atoms with Gasteiger partial charge in [-0.25, -0.2) is 0 Å². The van der Waals surface area contributed by atoms with Crippen molar-refractivity contribution in [2.45, 2.75) is 46.1 Å². The Labute approximate surface area is 142 Å². The molecule has 2 aliphatic rings. The summed E-state index contributed by atoms with van der Waals surface area (Å²) in [5.74, 6) is -0.0276. The zero-order valence-corrected chi connectivity index (χ0v) is 14.5. The largest absolute Gasteiger partial charge is 0.352 e. The van der Waals surface area contributed by atoms with E-state index in [4.69, 9.17) is 0 Å². The quantitative estimate of drug-likeness (QED) is 0.867. The molecule has 0 spiro atoms. The molecule has 1 fully saturated rings. The number of carbonyl (C=O) groups excluding carboxylic acids is 3. The molecule has 3 rings (SSSR count). The maximum Gasteiger partial charge on any atom is 0.262 e. The van der Waals surface area contributed by atoms with Crippen molar-refractivity contribution in [3.05, 3.63) is 34.9 Å². The van der Waals surface area contributed by atoms with Crippen LogP contribution in [-0.4, -0.2) is 35.2 Å². The molecule has 1 aliphatic heterocycles. The second kappa shape index (κ2) is 6.38. The van der Waals surface area contributed by atoms with Crippen LogP contribution in [0.4, 0.5) is 0 Å². The highest BCUT2D eigenvalue weighted by molar-refractivity contribution is 6.22. The molecule has 0 bridgehead atoms. The van der Waals surface area contributed by atoms with Gasteiger partial charge < -0.3 is 5.32 Å². The summed E-state index contributed by atoms with van der Waals surface area (Å²) in [5, 5.41) is 3.02. The molecule has 1 N–H and O–H groups in total. The SMILES string of the molecule is Cc1ccc2c(c1)C(=O)N(CC(=O)NC1CCCC(C)C1C)C2=O. The Balaban J connectivity index is 1.67. The number of nitrogens with zero attached hydrogens (tertiary/aromatic N) is 1. The second-order valence-electron chi connectivity index (χ2n) is 7.19. The van der Waals surface area contributed by atoms with Gasteiger partial charge in [-0.3, -0.25) is 19.3 Å². The maximum atomic E-state index is 12.4. The Bertz CT molecular complexity index is 698. The third-order valence-corrected chi connectivity index (χ3v) is 5.48. The summed E-state index contributed by atoms with van der Waals surface area (Å²) in [4.78, 5) is 38.2. The highest BCUT2D eigenvalue weighted by Crippen LogP contribution is 2.29. The molecule has 3 unspecified atom stereocenters. The average molecular weight is 328 g/mol. The van der Waals surface area contributed by atoms with E-state index < -0.39 is 0 Å². The molecule has 5 heteroatoms. The molecule has 0 radical (unpaired) electrons. The van der Waals surface area contributed by atoms with Gasteiger partial charge in [0.15, 0.2) is 0 Å². The van der Waals surface area contributed by atoms with E-state index in [2.05, 4.69) is 19.2 Å². The van der Waals surface area contributed by atoms with Gasteiger partial charge in [-0.2, -0.15) is 0 Å². The van der Waals surface area contributed by atoms with Crippen LogP contribution >= 0.6 is 0 Å². The van der Waals surface area contributed by atoms with Gasteiger partial charge >= 0.3 is 0 Å². The molecule has 1 heterocycles. The van der Waals surface area contributed by atoms with Crippen molar-refractivity contribution < 1.29 is 14.4 Å². The maximum absolute atomic E-state index is 12.4. The molecule has 3 atom stereocenters. The van der Waals surface area contributed by atoms with Gasteiger partial charge in [0.05, 0.1) is 11.1 Å².